The third-order valence-electron chi connectivity index (χ3n) is 3.81. The minimum absolute atomic E-state index is 0.0548. The molecule has 1 heterocycles. The highest BCUT2D eigenvalue weighted by Gasteiger charge is 2.14. The highest BCUT2D eigenvalue weighted by Crippen LogP contribution is 2.20. The minimum Gasteiger partial charge on any atom is -0.369 e. The van der Waals surface area contributed by atoms with E-state index in [-0.39, 0.29) is 10.5 Å². The van der Waals surface area contributed by atoms with Gasteiger partial charge in [-0.3, -0.25) is 9.36 Å². The fraction of sp³-hybridized carbons (Fsp3) is 0.118. The predicted molar refractivity (Wildman–Crippen MR) is 104 cm³/mol. The molecule has 1 aromatic heterocycles. The van der Waals surface area contributed by atoms with Gasteiger partial charge in [0.15, 0.2) is 0 Å². The van der Waals surface area contributed by atoms with Crippen LogP contribution in [0.5, 0.6) is 0 Å². The van der Waals surface area contributed by atoms with E-state index in [1.165, 1.54) is 28.8 Å². The van der Waals surface area contributed by atoms with Crippen molar-refractivity contribution in [2.75, 3.05) is 5.32 Å². The van der Waals surface area contributed by atoms with Gasteiger partial charge in [0.25, 0.3) is 15.6 Å². The number of hydrogen-bond donors (Lipinski definition) is 3. The number of nitrogens with two attached hydrogens (primary N) is 2. The fourth-order valence-corrected chi connectivity index (χ4v) is 3.45. The van der Waals surface area contributed by atoms with Gasteiger partial charge < -0.3 is 16.8 Å². The van der Waals surface area contributed by atoms with Crippen LogP contribution in [-0.4, -0.2) is 23.9 Å². The lowest BCUT2D eigenvalue weighted by atomic mass is 10.2. The normalized spacial score (nSPS) is 11.3. The van der Waals surface area contributed by atoms with Crippen molar-refractivity contribution in [3.05, 3.63) is 58.9 Å². The van der Waals surface area contributed by atoms with Crippen LogP contribution < -0.4 is 22.3 Å². The summed E-state index contributed by atoms with van der Waals surface area (Å²) in [5, 5.41) is 3.58. The SMILES string of the molecule is CCn1c(Nc2ccc(S(=O)(=O)N=C(N)N)cc2)nc2ccccc2c1=O. The quantitative estimate of drug-likeness (QED) is 0.440. The van der Waals surface area contributed by atoms with Crippen molar-refractivity contribution in [3.8, 4) is 0 Å². The smallest absolute Gasteiger partial charge is 0.285 e. The molecule has 2 aromatic carbocycles. The maximum atomic E-state index is 12.6. The van der Waals surface area contributed by atoms with Gasteiger partial charge in [-0.05, 0) is 43.3 Å². The van der Waals surface area contributed by atoms with Crippen molar-refractivity contribution >= 4 is 38.5 Å². The highest BCUT2D eigenvalue weighted by molar-refractivity contribution is 7.90. The first kappa shape index (κ1) is 18.4. The fourth-order valence-electron chi connectivity index (χ4n) is 2.59. The molecule has 0 radical (unpaired) electrons. The van der Waals surface area contributed by atoms with Gasteiger partial charge in [-0.2, -0.15) is 8.42 Å². The summed E-state index contributed by atoms with van der Waals surface area (Å²) >= 11 is 0. The van der Waals surface area contributed by atoms with E-state index in [0.29, 0.717) is 29.1 Å². The van der Waals surface area contributed by atoms with Crippen LogP contribution in [-0.2, 0) is 16.6 Å². The van der Waals surface area contributed by atoms with E-state index in [0.717, 1.165) is 0 Å². The molecule has 0 aliphatic heterocycles. The third-order valence-corrected chi connectivity index (χ3v) is 5.13. The molecule has 0 amide bonds. The molecule has 0 saturated heterocycles. The van der Waals surface area contributed by atoms with Crippen LogP contribution in [0.4, 0.5) is 11.6 Å². The molecule has 0 bridgehead atoms. The molecule has 3 aromatic rings. The Morgan fingerprint density at radius 2 is 1.81 bits per heavy atom. The van der Waals surface area contributed by atoms with Gasteiger partial charge in [0.05, 0.1) is 15.8 Å². The Balaban J connectivity index is 1.99. The summed E-state index contributed by atoms with van der Waals surface area (Å²) in [7, 11) is -3.96. The van der Waals surface area contributed by atoms with Crippen molar-refractivity contribution in [3.63, 3.8) is 0 Å². The van der Waals surface area contributed by atoms with E-state index in [1.807, 2.05) is 6.92 Å². The van der Waals surface area contributed by atoms with Crippen molar-refractivity contribution in [1.82, 2.24) is 9.55 Å². The summed E-state index contributed by atoms with van der Waals surface area (Å²) in [5.74, 6) is -0.175. The van der Waals surface area contributed by atoms with Gasteiger partial charge in [0.1, 0.15) is 0 Å². The number of sulfonamides is 1. The molecule has 9 nitrogen and oxygen atoms in total. The van der Waals surface area contributed by atoms with Gasteiger partial charge in [0.2, 0.25) is 11.9 Å². The number of para-hydroxylation sites is 1. The topological polar surface area (TPSA) is 145 Å². The molecule has 0 saturated carbocycles. The zero-order chi connectivity index (χ0) is 19.6. The van der Waals surface area contributed by atoms with Crippen LogP contribution in [0.15, 0.2) is 62.6 Å². The van der Waals surface area contributed by atoms with Crippen molar-refractivity contribution in [1.29, 1.82) is 0 Å². The van der Waals surface area contributed by atoms with Gasteiger partial charge in [0, 0.05) is 12.2 Å². The molecule has 0 spiro atoms. The summed E-state index contributed by atoms with van der Waals surface area (Å²) in [4.78, 5) is 17.1. The number of benzene rings is 2. The third kappa shape index (κ3) is 3.75. The summed E-state index contributed by atoms with van der Waals surface area (Å²) in [6, 6.07) is 12.9. The van der Waals surface area contributed by atoms with Crippen LogP contribution in [0.25, 0.3) is 10.9 Å². The Hall–Kier alpha value is -3.40. The molecule has 27 heavy (non-hydrogen) atoms. The monoisotopic (exact) mass is 386 g/mol. The molecule has 5 N–H and O–H groups in total. The summed E-state index contributed by atoms with van der Waals surface area (Å²) in [5.41, 5.74) is 11.2. The Morgan fingerprint density at radius 3 is 2.44 bits per heavy atom. The molecule has 10 heteroatoms. The second kappa shape index (κ2) is 7.08. The summed E-state index contributed by atoms with van der Waals surface area (Å²) < 4.78 is 28.7. The van der Waals surface area contributed by atoms with Crippen molar-refractivity contribution in [2.24, 2.45) is 15.9 Å². The lowest BCUT2D eigenvalue weighted by Gasteiger charge is -2.13. The summed E-state index contributed by atoms with van der Waals surface area (Å²) in [6.45, 7) is 2.27. The number of rotatable bonds is 5. The van der Waals surface area contributed by atoms with Crippen LogP contribution >= 0.6 is 0 Å². The van der Waals surface area contributed by atoms with E-state index in [4.69, 9.17) is 11.5 Å². The second-order valence-electron chi connectivity index (χ2n) is 5.64. The van der Waals surface area contributed by atoms with Gasteiger partial charge in [-0.1, -0.05) is 12.1 Å². The van der Waals surface area contributed by atoms with Crippen LogP contribution in [0.3, 0.4) is 0 Å². The molecule has 0 aliphatic carbocycles. The number of fused-ring (bicyclic) bond motifs is 1. The van der Waals surface area contributed by atoms with E-state index in [2.05, 4.69) is 14.7 Å². The lowest BCUT2D eigenvalue weighted by Crippen LogP contribution is -2.24. The average molecular weight is 386 g/mol. The minimum atomic E-state index is -3.96. The highest BCUT2D eigenvalue weighted by atomic mass is 32.2. The van der Waals surface area contributed by atoms with Gasteiger partial charge in [-0.15, -0.1) is 4.40 Å². The molecule has 0 fully saturated rings. The molecule has 0 atom stereocenters. The lowest BCUT2D eigenvalue weighted by molar-refractivity contribution is 0.598. The van der Waals surface area contributed by atoms with E-state index in [9.17, 15) is 13.2 Å². The number of anilines is 2. The molecule has 140 valence electrons. The number of nitrogens with one attached hydrogen (secondary N) is 1. The summed E-state index contributed by atoms with van der Waals surface area (Å²) in [6.07, 6.45) is 0. The number of guanidine groups is 1. The molecule has 3 rings (SSSR count). The first-order valence-electron chi connectivity index (χ1n) is 8.04. The van der Waals surface area contributed by atoms with Crippen molar-refractivity contribution < 1.29 is 8.42 Å². The second-order valence-corrected chi connectivity index (χ2v) is 7.25. The zero-order valence-electron chi connectivity index (χ0n) is 14.5. The standard InChI is InChI=1S/C17H18N6O3S/c1-2-23-15(24)13-5-3-4-6-14(13)21-17(23)20-11-7-9-12(10-8-11)27(25,26)22-16(18)19/h3-10H,2H2,1H3,(H,20,21)(H4,18,19,22). The molecule has 0 aliphatic rings. The zero-order valence-corrected chi connectivity index (χ0v) is 15.3. The number of aromatic nitrogens is 2. The van der Waals surface area contributed by atoms with Gasteiger partial charge in [-0.25, -0.2) is 4.98 Å². The van der Waals surface area contributed by atoms with E-state index in [1.54, 1.807) is 24.3 Å². The number of nitrogens with zero attached hydrogens (tertiary/aromatic N) is 3. The Morgan fingerprint density at radius 1 is 1.15 bits per heavy atom. The predicted octanol–water partition coefficient (Wildman–Crippen LogP) is 1.12. The first-order valence-corrected chi connectivity index (χ1v) is 9.48. The van der Waals surface area contributed by atoms with Crippen LogP contribution in [0, 0.1) is 0 Å². The van der Waals surface area contributed by atoms with Crippen molar-refractivity contribution in [2.45, 2.75) is 18.4 Å². The molecule has 0 unspecified atom stereocenters. The first-order chi connectivity index (χ1) is 12.8. The largest absolute Gasteiger partial charge is 0.369 e. The van der Waals surface area contributed by atoms with E-state index >= 15 is 0 Å². The number of hydrogen-bond acceptors (Lipinski definition) is 5. The van der Waals surface area contributed by atoms with E-state index < -0.39 is 16.0 Å². The molecular formula is C17H18N6O3S. The maximum Gasteiger partial charge on any atom is 0.285 e. The Kier molecular flexibility index (Phi) is 4.82. The Labute approximate surface area is 155 Å². The Bertz CT molecular complexity index is 1180. The average Bonchev–Trinajstić information content (AvgIpc) is 2.61. The maximum absolute atomic E-state index is 12.6. The van der Waals surface area contributed by atoms with Gasteiger partial charge >= 0.3 is 0 Å². The van der Waals surface area contributed by atoms with Crippen LogP contribution in [0.2, 0.25) is 0 Å². The van der Waals surface area contributed by atoms with Crippen LogP contribution in [0.1, 0.15) is 6.92 Å². The molecular weight excluding hydrogens is 368 g/mol.